The van der Waals surface area contributed by atoms with E-state index >= 15 is 0 Å². The van der Waals surface area contributed by atoms with E-state index in [1.165, 1.54) is 0 Å². The Morgan fingerprint density at radius 3 is 3.00 bits per heavy atom. The van der Waals surface area contributed by atoms with Crippen molar-refractivity contribution in [2.75, 3.05) is 13.1 Å². The first kappa shape index (κ1) is 10.6. The van der Waals surface area contributed by atoms with Crippen LogP contribution < -0.4 is 11.1 Å². The molecule has 13 heavy (non-hydrogen) atoms. The summed E-state index contributed by atoms with van der Waals surface area (Å²) in [5.41, 5.74) is 6.61. The summed E-state index contributed by atoms with van der Waals surface area (Å²) in [7, 11) is 0. The van der Waals surface area contributed by atoms with E-state index in [1.807, 2.05) is 6.92 Å². The van der Waals surface area contributed by atoms with Gasteiger partial charge in [0, 0.05) is 17.6 Å². The van der Waals surface area contributed by atoms with Crippen molar-refractivity contribution in [3.63, 3.8) is 0 Å². The topological polar surface area (TPSA) is 50.9 Å². The largest absolute Gasteiger partial charge is 0.330 e. The number of nitrogens with two attached hydrogens (primary N) is 1. The molecular weight excluding hydrogens is 182 g/mol. The summed E-state index contributed by atoms with van der Waals surface area (Å²) >= 11 is 1.70. The quantitative estimate of drug-likeness (QED) is 0.747. The van der Waals surface area contributed by atoms with Gasteiger partial charge in [-0.05, 0) is 25.9 Å². The third kappa shape index (κ3) is 3.85. The highest BCUT2D eigenvalue weighted by molar-refractivity contribution is 7.09. The van der Waals surface area contributed by atoms with Crippen molar-refractivity contribution in [1.82, 2.24) is 10.3 Å². The van der Waals surface area contributed by atoms with Crippen LogP contribution in [0.4, 0.5) is 0 Å². The normalized spacial score (nSPS) is 13.2. The van der Waals surface area contributed by atoms with Crippen molar-refractivity contribution in [1.29, 1.82) is 0 Å². The van der Waals surface area contributed by atoms with Crippen LogP contribution in [0.2, 0.25) is 0 Å². The molecule has 1 aromatic heterocycles. The lowest BCUT2D eigenvalue weighted by Gasteiger charge is -2.07. The third-order valence-electron chi connectivity index (χ3n) is 1.84. The zero-order chi connectivity index (χ0) is 9.68. The third-order valence-corrected chi connectivity index (χ3v) is 2.80. The summed E-state index contributed by atoms with van der Waals surface area (Å²) in [6, 6.07) is 0. The summed E-state index contributed by atoms with van der Waals surface area (Å²) in [5, 5.41) is 6.56. The van der Waals surface area contributed by atoms with Crippen molar-refractivity contribution >= 4 is 11.3 Å². The van der Waals surface area contributed by atoms with Crippen molar-refractivity contribution in [2.24, 2.45) is 11.7 Å². The van der Waals surface area contributed by atoms with Gasteiger partial charge in [-0.15, -0.1) is 11.3 Å². The number of hydrogen-bond donors (Lipinski definition) is 2. The Balaban J connectivity index is 2.20. The van der Waals surface area contributed by atoms with Gasteiger partial charge in [0.15, 0.2) is 0 Å². The van der Waals surface area contributed by atoms with Crippen LogP contribution >= 0.6 is 11.3 Å². The van der Waals surface area contributed by atoms with Crippen molar-refractivity contribution in [2.45, 2.75) is 20.4 Å². The van der Waals surface area contributed by atoms with Crippen LogP contribution in [-0.4, -0.2) is 18.1 Å². The minimum absolute atomic E-state index is 0.543. The lowest BCUT2D eigenvalue weighted by Crippen LogP contribution is -2.25. The standard InChI is InChI=1S/C9H17N3S/c1-7(3-10)4-11-5-9-12-8(2)6-13-9/h6-7,11H,3-5,10H2,1-2H3. The van der Waals surface area contributed by atoms with Gasteiger partial charge in [0.25, 0.3) is 0 Å². The highest BCUT2D eigenvalue weighted by atomic mass is 32.1. The van der Waals surface area contributed by atoms with Gasteiger partial charge in [-0.1, -0.05) is 6.92 Å². The molecule has 0 aliphatic rings. The molecule has 0 aliphatic carbocycles. The number of hydrogen-bond acceptors (Lipinski definition) is 4. The average Bonchev–Trinajstić information content (AvgIpc) is 2.51. The molecular formula is C9H17N3S. The lowest BCUT2D eigenvalue weighted by molar-refractivity contribution is 0.521. The SMILES string of the molecule is Cc1csc(CNCC(C)CN)n1. The Morgan fingerprint density at radius 1 is 1.69 bits per heavy atom. The van der Waals surface area contributed by atoms with Crippen LogP contribution in [-0.2, 0) is 6.54 Å². The van der Waals surface area contributed by atoms with E-state index in [4.69, 9.17) is 5.73 Å². The molecule has 74 valence electrons. The van der Waals surface area contributed by atoms with Gasteiger partial charge >= 0.3 is 0 Å². The van der Waals surface area contributed by atoms with Crippen LogP contribution in [0.3, 0.4) is 0 Å². The molecule has 3 nitrogen and oxygen atoms in total. The summed E-state index contributed by atoms with van der Waals surface area (Å²) in [6.07, 6.45) is 0. The molecule has 1 atom stereocenters. The number of nitrogens with zero attached hydrogens (tertiary/aromatic N) is 1. The van der Waals surface area contributed by atoms with Crippen molar-refractivity contribution in [3.05, 3.63) is 16.1 Å². The Labute approximate surface area is 83.4 Å². The molecule has 0 saturated carbocycles. The van der Waals surface area contributed by atoms with E-state index in [0.717, 1.165) is 30.3 Å². The summed E-state index contributed by atoms with van der Waals surface area (Å²) < 4.78 is 0. The Kier molecular flexibility index (Phi) is 4.35. The Morgan fingerprint density at radius 2 is 2.46 bits per heavy atom. The Bertz CT molecular complexity index is 247. The fourth-order valence-electron chi connectivity index (χ4n) is 0.993. The molecule has 3 N–H and O–H groups in total. The van der Waals surface area contributed by atoms with Gasteiger partial charge in [-0.3, -0.25) is 0 Å². The molecule has 0 radical (unpaired) electrons. The molecule has 1 rings (SSSR count). The van der Waals surface area contributed by atoms with E-state index in [0.29, 0.717) is 5.92 Å². The monoisotopic (exact) mass is 199 g/mol. The fourth-order valence-corrected chi connectivity index (χ4v) is 1.73. The van der Waals surface area contributed by atoms with Gasteiger partial charge in [-0.2, -0.15) is 0 Å². The molecule has 0 bridgehead atoms. The number of aryl methyl sites for hydroxylation is 1. The van der Waals surface area contributed by atoms with E-state index < -0.39 is 0 Å². The highest BCUT2D eigenvalue weighted by Gasteiger charge is 2.00. The molecule has 0 aliphatic heterocycles. The maximum Gasteiger partial charge on any atom is 0.107 e. The predicted octanol–water partition coefficient (Wildman–Crippen LogP) is 1.14. The first-order valence-electron chi connectivity index (χ1n) is 4.54. The molecule has 1 unspecified atom stereocenters. The number of thiazole rings is 1. The first-order chi connectivity index (χ1) is 6.22. The summed E-state index contributed by atoms with van der Waals surface area (Å²) in [5.74, 6) is 0.543. The maximum atomic E-state index is 5.50. The van der Waals surface area contributed by atoms with Gasteiger partial charge in [-0.25, -0.2) is 4.98 Å². The molecule has 0 amide bonds. The molecule has 1 aromatic rings. The van der Waals surface area contributed by atoms with Gasteiger partial charge in [0.1, 0.15) is 5.01 Å². The molecule has 1 heterocycles. The van der Waals surface area contributed by atoms with Gasteiger partial charge < -0.3 is 11.1 Å². The van der Waals surface area contributed by atoms with Crippen LogP contribution in [0.5, 0.6) is 0 Å². The van der Waals surface area contributed by atoms with Crippen LogP contribution in [0.1, 0.15) is 17.6 Å². The molecule has 0 saturated heterocycles. The van der Waals surface area contributed by atoms with Gasteiger partial charge in [0.05, 0.1) is 0 Å². The molecule has 0 spiro atoms. The number of aromatic nitrogens is 1. The van der Waals surface area contributed by atoms with Crippen LogP contribution in [0, 0.1) is 12.8 Å². The zero-order valence-electron chi connectivity index (χ0n) is 8.21. The lowest BCUT2D eigenvalue weighted by atomic mass is 10.2. The predicted molar refractivity (Wildman–Crippen MR) is 56.8 cm³/mol. The Hall–Kier alpha value is -0.450. The van der Waals surface area contributed by atoms with E-state index in [9.17, 15) is 0 Å². The molecule has 0 fully saturated rings. The smallest absolute Gasteiger partial charge is 0.107 e. The second-order valence-electron chi connectivity index (χ2n) is 3.35. The van der Waals surface area contributed by atoms with Crippen LogP contribution in [0.25, 0.3) is 0 Å². The zero-order valence-corrected chi connectivity index (χ0v) is 9.03. The second kappa shape index (κ2) is 5.32. The average molecular weight is 199 g/mol. The van der Waals surface area contributed by atoms with E-state index in [2.05, 4.69) is 22.6 Å². The van der Waals surface area contributed by atoms with Crippen molar-refractivity contribution < 1.29 is 0 Å². The van der Waals surface area contributed by atoms with Gasteiger partial charge in [0.2, 0.25) is 0 Å². The first-order valence-corrected chi connectivity index (χ1v) is 5.42. The van der Waals surface area contributed by atoms with Crippen LogP contribution in [0.15, 0.2) is 5.38 Å². The summed E-state index contributed by atoms with van der Waals surface area (Å²) in [6.45, 7) is 6.73. The fraction of sp³-hybridized carbons (Fsp3) is 0.667. The summed E-state index contributed by atoms with van der Waals surface area (Å²) in [4.78, 5) is 4.36. The van der Waals surface area contributed by atoms with E-state index in [1.54, 1.807) is 11.3 Å². The highest BCUT2D eigenvalue weighted by Crippen LogP contribution is 2.07. The minimum atomic E-state index is 0.543. The number of rotatable bonds is 5. The second-order valence-corrected chi connectivity index (χ2v) is 4.30. The van der Waals surface area contributed by atoms with Crippen molar-refractivity contribution in [3.8, 4) is 0 Å². The number of nitrogens with one attached hydrogen (secondary N) is 1. The minimum Gasteiger partial charge on any atom is -0.330 e. The van der Waals surface area contributed by atoms with E-state index in [-0.39, 0.29) is 0 Å². The maximum absolute atomic E-state index is 5.50. The molecule has 0 aromatic carbocycles. The molecule has 4 heteroatoms.